The van der Waals surface area contributed by atoms with Gasteiger partial charge in [0.05, 0.1) is 4.58 Å². The van der Waals surface area contributed by atoms with Gasteiger partial charge in [0.25, 0.3) is 0 Å². The number of rotatable bonds is 1. The Labute approximate surface area is 95.4 Å². The van der Waals surface area contributed by atoms with Crippen molar-refractivity contribution in [1.82, 2.24) is 4.90 Å². The highest BCUT2D eigenvalue weighted by molar-refractivity contribution is 8.17. The van der Waals surface area contributed by atoms with E-state index in [1.54, 1.807) is 0 Å². The molecule has 2 saturated heterocycles. The van der Waals surface area contributed by atoms with Crippen LogP contribution in [0.4, 0.5) is 0 Å². The van der Waals surface area contributed by atoms with E-state index in [9.17, 15) is 0 Å². The summed E-state index contributed by atoms with van der Waals surface area (Å²) in [7, 11) is 2.34. The van der Waals surface area contributed by atoms with E-state index in [4.69, 9.17) is 0 Å². The maximum absolute atomic E-state index is 2.64. The van der Waals surface area contributed by atoms with Gasteiger partial charge in [-0.25, -0.2) is 0 Å². The Kier molecular flexibility index (Phi) is 2.53. The molecule has 1 nitrogen and oxygen atoms in total. The first-order chi connectivity index (χ1) is 6.79. The van der Waals surface area contributed by atoms with Crippen LogP contribution in [-0.2, 0) is 0 Å². The molecule has 3 heteroatoms. The molecule has 0 N–H and O–H groups in total. The van der Waals surface area contributed by atoms with Crippen molar-refractivity contribution in [3.05, 3.63) is 0 Å². The monoisotopic (exact) mass is 229 g/mol. The van der Waals surface area contributed by atoms with Crippen molar-refractivity contribution in [2.24, 2.45) is 5.41 Å². The molecule has 0 radical (unpaired) electrons. The van der Waals surface area contributed by atoms with E-state index in [-0.39, 0.29) is 0 Å². The standard InChI is InChI=1S/C11H19NS2/c1-12-8-11(3-4-11)7-9(12)10-13-5-2-6-14-10/h9-10H,2-8H2,1H3/t9-/m0/s1. The van der Waals surface area contributed by atoms with Crippen LogP contribution in [0.2, 0.25) is 0 Å². The third-order valence-corrected chi connectivity index (χ3v) is 7.07. The molecule has 1 saturated carbocycles. The fourth-order valence-corrected chi connectivity index (χ4v) is 6.17. The first-order valence-corrected chi connectivity index (χ1v) is 7.82. The highest BCUT2D eigenvalue weighted by Crippen LogP contribution is 2.56. The second-order valence-electron chi connectivity index (χ2n) is 5.15. The summed E-state index contributed by atoms with van der Waals surface area (Å²) in [5, 5.41) is 0. The fraction of sp³-hybridized carbons (Fsp3) is 1.00. The molecule has 3 fully saturated rings. The Morgan fingerprint density at radius 1 is 1.21 bits per heavy atom. The molecule has 14 heavy (non-hydrogen) atoms. The second kappa shape index (κ2) is 3.60. The fourth-order valence-electron chi connectivity index (χ4n) is 2.88. The van der Waals surface area contributed by atoms with Crippen molar-refractivity contribution in [3.8, 4) is 0 Å². The number of thioether (sulfide) groups is 2. The lowest BCUT2D eigenvalue weighted by Gasteiger charge is -2.30. The molecule has 80 valence electrons. The molecule has 1 spiro atoms. The number of nitrogens with zero attached hydrogens (tertiary/aromatic N) is 1. The SMILES string of the molecule is CN1CC2(CC2)C[C@H]1C1SCCCS1. The van der Waals surface area contributed by atoms with Crippen LogP contribution in [0.25, 0.3) is 0 Å². The Hall–Kier alpha value is 0.660. The quantitative estimate of drug-likeness (QED) is 0.680. The molecule has 2 heterocycles. The lowest BCUT2D eigenvalue weighted by atomic mass is 10.0. The minimum atomic E-state index is 0.790. The first-order valence-electron chi connectivity index (χ1n) is 5.73. The molecule has 1 atom stereocenters. The van der Waals surface area contributed by atoms with Crippen molar-refractivity contribution in [1.29, 1.82) is 0 Å². The second-order valence-corrected chi connectivity index (χ2v) is 7.95. The van der Waals surface area contributed by atoms with Gasteiger partial charge in [0.15, 0.2) is 0 Å². The molecule has 0 amide bonds. The van der Waals surface area contributed by atoms with Gasteiger partial charge in [-0.2, -0.15) is 0 Å². The minimum absolute atomic E-state index is 0.790. The van der Waals surface area contributed by atoms with Gasteiger partial charge in [-0.15, -0.1) is 23.5 Å². The van der Waals surface area contributed by atoms with E-state index >= 15 is 0 Å². The maximum atomic E-state index is 2.64. The van der Waals surface area contributed by atoms with Gasteiger partial charge < -0.3 is 4.90 Å². The number of hydrogen-bond donors (Lipinski definition) is 0. The molecule has 2 aliphatic heterocycles. The molecule has 3 rings (SSSR count). The molecule has 0 aromatic heterocycles. The van der Waals surface area contributed by atoms with Gasteiger partial charge in [0.2, 0.25) is 0 Å². The van der Waals surface area contributed by atoms with Crippen LogP contribution in [0.1, 0.15) is 25.7 Å². The van der Waals surface area contributed by atoms with E-state index < -0.39 is 0 Å². The van der Waals surface area contributed by atoms with Gasteiger partial charge in [-0.1, -0.05) is 0 Å². The summed E-state index contributed by atoms with van der Waals surface area (Å²) >= 11 is 4.43. The van der Waals surface area contributed by atoms with Crippen LogP contribution >= 0.6 is 23.5 Å². The van der Waals surface area contributed by atoms with Gasteiger partial charge in [0, 0.05) is 12.6 Å². The third kappa shape index (κ3) is 1.72. The van der Waals surface area contributed by atoms with Crippen LogP contribution in [0.15, 0.2) is 0 Å². The summed E-state index contributed by atoms with van der Waals surface area (Å²) in [5.41, 5.74) is 0.790. The predicted molar refractivity (Wildman–Crippen MR) is 66.0 cm³/mol. The van der Waals surface area contributed by atoms with Crippen molar-refractivity contribution >= 4 is 23.5 Å². The summed E-state index contributed by atoms with van der Waals surface area (Å²) in [6.45, 7) is 1.38. The van der Waals surface area contributed by atoms with Crippen LogP contribution in [-0.4, -0.2) is 40.6 Å². The summed E-state index contributed by atoms with van der Waals surface area (Å²) in [4.78, 5) is 2.64. The van der Waals surface area contributed by atoms with Crippen LogP contribution in [0, 0.1) is 5.41 Å². The van der Waals surface area contributed by atoms with Crippen LogP contribution in [0.3, 0.4) is 0 Å². The summed E-state index contributed by atoms with van der Waals surface area (Å²) in [5.74, 6) is 2.80. The lowest BCUT2D eigenvalue weighted by Crippen LogP contribution is -2.34. The van der Waals surface area contributed by atoms with E-state index in [1.807, 2.05) is 0 Å². The van der Waals surface area contributed by atoms with Crippen molar-refractivity contribution in [2.45, 2.75) is 36.3 Å². The van der Waals surface area contributed by atoms with Gasteiger partial charge >= 0.3 is 0 Å². The maximum Gasteiger partial charge on any atom is 0.0657 e. The highest BCUT2D eigenvalue weighted by atomic mass is 32.2. The molecular weight excluding hydrogens is 210 g/mol. The average Bonchev–Trinajstić information content (AvgIpc) is 2.86. The molecule has 0 aromatic carbocycles. The molecule has 1 aliphatic carbocycles. The van der Waals surface area contributed by atoms with Crippen molar-refractivity contribution in [2.75, 3.05) is 25.1 Å². The number of hydrogen-bond acceptors (Lipinski definition) is 3. The first kappa shape index (κ1) is 9.86. The molecule has 0 bridgehead atoms. The number of likely N-dealkylation sites (tertiary alicyclic amines) is 1. The van der Waals surface area contributed by atoms with Gasteiger partial charge in [0.1, 0.15) is 0 Å². The summed E-state index contributed by atoms with van der Waals surface area (Å²) in [6, 6.07) is 0.882. The topological polar surface area (TPSA) is 3.24 Å². The van der Waals surface area contributed by atoms with Gasteiger partial charge in [-0.3, -0.25) is 0 Å². The zero-order valence-electron chi connectivity index (χ0n) is 8.87. The Morgan fingerprint density at radius 2 is 1.93 bits per heavy atom. The third-order valence-electron chi connectivity index (χ3n) is 3.92. The largest absolute Gasteiger partial charge is 0.301 e. The highest BCUT2D eigenvalue weighted by Gasteiger charge is 2.52. The normalized spacial score (nSPS) is 37.9. The smallest absolute Gasteiger partial charge is 0.0657 e. The van der Waals surface area contributed by atoms with Gasteiger partial charge in [-0.05, 0) is 49.7 Å². The molecular formula is C11H19NS2. The van der Waals surface area contributed by atoms with E-state index in [0.717, 1.165) is 16.0 Å². The average molecular weight is 229 g/mol. The Morgan fingerprint density at radius 3 is 2.50 bits per heavy atom. The Balaban J connectivity index is 1.66. The summed E-state index contributed by atoms with van der Waals surface area (Å²) < 4.78 is 0.883. The Bertz CT molecular complexity index is 221. The van der Waals surface area contributed by atoms with Crippen molar-refractivity contribution < 1.29 is 0 Å². The zero-order valence-corrected chi connectivity index (χ0v) is 10.5. The zero-order chi connectivity index (χ0) is 9.60. The van der Waals surface area contributed by atoms with E-state index in [1.165, 1.54) is 43.7 Å². The summed E-state index contributed by atoms with van der Waals surface area (Å²) in [6.07, 6.45) is 5.94. The van der Waals surface area contributed by atoms with Crippen molar-refractivity contribution in [3.63, 3.8) is 0 Å². The lowest BCUT2D eigenvalue weighted by molar-refractivity contribution is 0.320. The van der Waals surface area contributed by atoms with Crippen LogP contribution < -0.4 is 0 Å². The predicted octanol–water partition coefficient (Wildman–Crippen LogP) is 2.67. The van der Waals surface area contributed by atoms with E-state index in [0.29, 0.717) is 0 Å². The minimum Gasteiger partial charge on any atom is -0.301 e. The molecule has 0 unspecified atom stereocenters. The molecule has 3 aliphatic rings. The molecule has 0 aromatic rings. The van der Waals surface area contributed by atoms with Crippen LogP contribution in [0.5, 0.6) is 0 Å². The van der Waals surface area contributed by atoms with E-state index in [2.05, 4.69) is 35.5 Å².